The first-order valence-corrected chi connectivity index (χ1v) is 7.89. The minimum absolute atomic E-state index is 0.742. The quantitative estimate of drug-likeness (QED) is 0.538. The average Bonchev–Trinajstić information content (AvgIpc) is 2.29. The number of hydrogen-bond donors (Lipinski definition) is 4. The second kappa shape index (κ2) is 8.22. The van der Waals surface area contributed by atoms with Crippen molar-refractivity contribution < 1.29 is 24.0 Å². The summed E-state index contributed by atoms with van der Waals surface area (Å²) in [6, 6.07) is 0.742. The van der Waals surface area contributed by atoms with Crippen molar-refractivity contribution in [3.05, 3.63) is 0 Å². The third kappa shape index (κ3) is 8.99. The topological polar surface area (TPSA) is 102 Å². The van der Waals surface area contributed by atoms with E-state index < -0.39 is 7.82 Å². The van der Waals surface area contributed by atoms with Crippen LogP contribution in [0.3, 0.4) is 0 Å². The predicted octanol–water partition coefficient (Wildman–Crippen LogP) is 0.227. The monoisotopic (exact) mass is 282 g/mol. The van der Waals surface area contributed by atoms with E-state index in [2.05, 4.69) is 10.4 Å². The van der Waals surface area contributed by atoms with Crippen LogP contribution in [-0.2, 0) is 9.30 Å². The highest BCUT2D eigenvalue weighted by Gasteiger charge is 2.17. The lowest BCUT2D eigenvalue weighted by molar-refractivity contribution is 0.000391. The maximum absolute atomic E-state index is 8.88. The van der Waals surface area contributed by atoms with E-state index in [0.29, 0.717) is 0 Å². The SMILES string of the molecule is C1CCC(NN2CCOCC2)CC1.O=P(O)(O)O. The normalized spacial score (nSPS) is 23.3. The van der Waals surface area contributed by atoms with Gasteiger partial charge in [0.1, 0.15) is 0 Å². The summed E-state index contributed by atoms with van der Waals surface area (Å²) in [5.74, 6) is 0. The highest BCUT2D eigenvalue weighted by atomic mass is 31.2. The van der Waals surface area contributed by atoms with E-state index in [0.717, 1.165) is 32.3 Å². The molecule has 0 spiro atoms. The maximum Gasteiger partial charge on any atom is 0.466 e. The molecule has 0 aromatic carbocycles. The second-order valence-corrected chi connectivity index (χ2v) is 5.60. The van der Waals surface area contributed by atoms with E-state index in [9.17, 15) is 0 Å². The fourth-order valence-electron chi connectivity index (χ4n) is 2.18. The third-order valence-electron chi connectivity index (χ3n) is 2.98. The van der Waals surface area contributed by atoms with E-state index in [4.69, 9.17) is 24.0 Å². The number of hydrogen-bond acceptors (Lipinski definition) is 4. The summed E-state index contributed by atoms with van der Waals surface area (Å²) in [6.07, 6.45) is 6.96. The van der Waals surface area contributed by atoms with Gasteiger partial charge in [-0.05, 0) is 12.8 Å². The van der Waals surface area contributed by atoms with Crippen molar-refractivity contribution in [1.82, 2.24) is 10.4 Å². The van der Waals surface area contributed by atoms with Crippen molar-refractivity contribution in [2.75, 3.05) is 26.3 Å². The van der Waals surface area contributed by atoms with Crippen LogP contribution in [0.15, 0.2) is 0 Å². The lowest BCUT2D eigenvalue weighted by Gasteiger charge is -2.33. The molecule has 0 radical (unpaired) electrons. The van der Waals surface area contributed by atoms with Crippen molar-refractivity contribution in [3.63, 3.8) is 0 Å². The van der Waals surface area contributed by atoms with Crippen LogP contribution in [0.5, 0.6) is 0 Å². The highest BCUT2D eigenvalue weighted by molar-refractivity contribution is 7.45. The van der Waals surface area contributed by atoms with Gasteiger partial charge in [-0.2, -0.15) is 0 Å². The van der Waals surface area contributed by atoms with Gasteiger partial charge in [0, 0.05) is 19.1 Å². The summed E-state index contributed by atoms with van der Waals surface area (Å²) in [6.45, 7) is 3.88. The molecule has 0 bridgehead atoms. The van der Waals surface area contributed by atoms with Crippen LogP contribution < -0.4 is 5.43 Å². The standard InChI is InChI=1S/C10H20N2O.H3O4P/c1-2-4-10(5-3-1)11-12-6-8-13-9-7-12;1-5(2,3)4/h10-11H,1-9H2;(H3,1,2,3,4). The summed E-state index contributed by atoms with van der Waals surface area (Å²) in [5.41, 5.74) is 3.61. The van der Waals surface area contributed by atoms with Crippen LogP contribution in [0.4, 0.5) is 0 Å². The van der Waals surface area contributed by atoms with Gasteiger partial charge in [-0.1, -0.05) is 19.3 Å². The first kappa shape index (κ1) is 16.0. The molecule has 1 aliphatic heterocycles. The molecular formula is C10H23N2O5P. The Kier molecular flexibility index (Phi) is 7.33. The van der Waals surface area contributed by atoms with Gasteiger partial charge < -0.3 is 19.4 Å². The molecule has 8 heteroatoms. The number of ether oxygens (including phenoxy) is 1. The molecule has 0 aromatic heterocycles. The van der Waals surface area contributed by atoms with E-state index in [-0.39, 0.29) is 0 Å². The zero-order chi connectivity index (χ0) is 13.4. The number of morpholine rings is 1. The van der Waals surface area contributed by atoms with E-state index in [1.807, 2.05) is 0 Å². The summed E-state index contributed by atoms with van der Waals surface area (Å²) in [4.78, 5) is 21.6. The molecule has 108 valence electrons. The lowest BCUT2D eigenvalue weighted by Crippen LogP contribution is -2.50. The molecule has 1 saturated heterocycles. The van der Waals surface area contributed by atoms with Gasteiger partial charge in [-0.25, -0.2) is 9.57 Å². The van der Waals surface area contributed by atoms with Gasteiger partial charge >= 0.3 is 7.82 Å². The first-order valence-electron chi connectivity index (χ1n) is 6.32. The number of hydrazine groups is 1. The van der Waals surface area contributed by atoms with Crippen molar-refractivity contribution in [2.45, 2.75) is 38.1 Å². The number of phosphoric acid groups is 1. The molecule has 0 unspecified atom stereocenters. The molecule has 1 aliphatic carbocycles. The van der Waals surface area contributed by atoms with Crippen LogP contribution in [0.25, 0.3) is 0 Å². The minimum Gasteiger partial charge on any atom is -0.379 e. The third-order valence-corrected chi connectivity index (χ3v) is 2.98. The van der Waals surface area contributed by atoms with E-state index in [1.165, 1.54) is 32.1 Å². The molecule has 2 rings (SSSR count). The van der Waals surface area contributed by atoms with E-state index >= 15 is 0 Å². The average molecular weight is 282 g/mol. The minimum atomic E-state index is -4.64. The van der Waals surface area contributed by atoms with Gasteiger partial charge in [0.2, 0.25) is 0 Å². The molecule has 2 aliphatic rings. The zero-order valence-corrected chi connectivity index (χ0v) is 11.4. The molecule has 2 fully saturated rings. The second-order valence-electron chi connectivity index (χ2n) is 4.58. The van der Waals surface area contributed by atoms with Gasteiger partial charge in [0.05, 0.1) is 13.2 Å². The van der Waals surface area contributed by atoms with Crippen molar-refractivity contribution >= 4 is 7.82 Å². The van der Waals surface area contributed by atoms with Crippen LogP contribution >= 0.6 is 7.82 Å². The number of nitrogens with one attached hydrogen (secondary N) is 1. The number of rotatable bonds is 2. The van der Waals surface area contributed by atoms with Crippen molar-refractivity contribution in [1.29, 1.82) is 0 Å². The fourth-order valence-corrected chi connectivity index (χ4v) is 2.18. The summed E-state index contributed by atoms with van der Waals surface area (Å²) in [7, 11) is -4.64. The fraction of sp³-hybridized carbons (Fsp3) is 1.00. The Morgan fingerprint density at radius 1 is 1.06 bits per heavy atom. The molecule has 4 N–H and O–H groups in total. The largest absolute Gasteiger partial charge is 0.466 e. The Labute approximate surface area is 107 Å². The predicted molar refractivity (Wildman–Crippen MR) is 66.7 cm³/mol. The van der Waals surface area contributed by atoms with Crippen LogP contribution in [0, 0.1) is 0 Å². The zero-order valence-electron chi connectivity index (χ0n) is 10.5. The highest BCUT2D eigenvalue weighted by Crippen LogP contribution is 2.25. The Morgan fingerprint density at radius 3 is 2.06 bits per heavy atom. The van der Waals surface area contributed by atoms with Gasteiger partial charge in [-0.3, -0.25) is 5.43 Å². The van der Waals surface area contributed by atoms with Gasteiger partial charge in [-0.15, -0.1) is 0 Å². The van der Waals surface area contributed by atoms with Gasteiger partial charge in [0.25, 0.3) is 0 Å². The Bertz CT molecular complexity index is 237. The van der Waals surface area contributed by atoms with E-state index in [1.54, 1.807) is 0 Å². The number of nitrogens with zero attached hydrogens (tertiary/aromatic N) is 1. The smallest absolute Gasteiger partial charge is 0.379 e. The van der Waals surface area contributed by atoms with Gasteiger partial charge in [0.15, 0.2) is 0 Å². The Balaban J connectivity index is 0.000000280. The molecule has 1 heterocycles. The summed E-state index contributed by atoms with van der Waals surface area (Å²) < 4.78 is 14.2. The molecule has 1 saturated carbocycles. The molecule has 7 nitrogen and oxygen atoms in total. The van der Waals surface area contributed by atoms with Crippen LogP contribution in [0.2, 0.25) is 0 Å². The van der Waals surface area contributed by atoms with Crippen molar-refractivity contribution in [3.8, 4) is 0 Å². The molecular weight excluding hydrogens is 259 g/mol. The molecule has 0 aromatic rings. The molecule has 0 amide bonds. The van der Waals surface area contributed by atoms with Crippen molar-refractivity contribution in [2.24, 2.45) is 0 Å². The Morgan fingerprint density at radius 2 is 1.56 bits per heavy atom. The van der Waals surface area contributed by atoms with Crippen LogP contribution in [0.1, 0.15) is 32.1 Å². The first-order chi connectivity index (χ1) is 8.45. The Hall–Kier alpha value is -0.0100. The maximum atomic E-state index is 8.88. The molecule has 0 atom stereocenters. The molecule has 18 heavy (non-hydrogen) atoms. The summed E-state index contributed by atoms with van der Waals surface area (Å²) >= 11 is 0. The summed E-state index contributed by atoms with van der Waals surface area (Å²) in [5, 5.41) is 2.33. The van der Waals surface area contributed by atoms with Crippen LogP contribution in [-0.4, -0.2) is 52.0 Å². The lowest BCUT2D eigenvalue weighted by atomic mass is 9.96.